The van der Waals surface area contributed by atoms with Gasteiger partial charge in [0.05, 0.1) is 23.7 Å². The molecule has 1 fully saturated rings. The molecule has 4 heterocycles. The summed E-state index contributed by atoms with van der Waals surface area (Å²) in [5.74, 6) is -2.01. The predicted octanol–water partition coefficient (Wildman–Crippen LogP) is 2.96. The van der Waals surface area contributed by atoms with Gasteiger partial charge in [0, 0.05) is 60.6 Å². The average molecular weight is 540 g/mol. The molecule has 1 aliphatic carbocycles. The van der Waals surface area contributed by atoms with Crippen LogP contribution in [0.3, 0.4) is 0 Å². The summed E-state index contributed by atoms with van der Waals surface area (Å²) in [6.07, 6.45) is 1.46. The highest BCUT2D eigenvalue weighted by Gasteiger charge is 2.55. The fraction of sp³-hybridized carbons (Fsp3) is 0.367. The lowest BCUT2D eigenvalue weighted by molar-refractivity contribution is -0.145. The van der Waals surface area contributed by atoms with Gasteiger partial charge in [-0.05, 0) is 47.9 Å². The summed E-state index contributed by atoms with van der Waals surface area (Å²) in [7, 11) is 1.66. The van der Waals surface area contributed by atoms with Crippen molar-refractivity contribution in [3.63, 3.8) is 0 Å². The van der Waals surface area contributed by atoms with Crippen molar-refractivity contribution in [3.05, 3.63) is 64.8 Å². The third kappa shape index (κ3) is 3.25. The Labute approximate surface area is 230 Å². The highest BCUT2D eigenvalue weighted by atomic mass is 16.4. The van der Waals surface area contributed by atoms with Crippen molar-refractivity contribution in [2.45, 2.75) is 50.1 Å². The molecule has 4 aliphatic rings. The third-order valence-corrected chi connectivity index (χ3v) is 9.45. The second kappa shape index (κ2) is 8.27. The van der Waals surface area contributed by atoms with Gasteiger partial charge in [0.1, 0.15) is 5.54 Å². The molecule has 0 bridgehead atoms. The molecule has 2 unspecified atom stereocenters. The molecule has 0 radical (unpaired) electrons. The Kier molecular flexibility index (Phi) is 5.08. The van der Waals surface area contributed by atoms with Gasteiger partial charge in [-0.3, -0.25) is 24.7 Å². The Hall–Kier alpha value is -4.47. The van der Waals surface area contributed by atoms with Crippen molar-refractivity contribution >= 4 is 46.1 Å². The number of pyridine rings is 1. The van der Waals surface area contributed by atoms with Crippen LogP contribution in [0.1, 0.15) is 42.1 Å². The third-order valence-electron chi connectivity index (χ3n) is 9.45. The Morgan fingerprint density at radius 2 is 1.85 bits per heavy atom. The van der Waals surface area contributed by atoms with E-state index in [1.165, 1.54) is 4.90 Å². The highest BCUT2D eigenvalue weighted by molar-refractivity contribution is 6.08. The molecule has 1 spiro atoms. The molecular weight excluding hydrogens is 510 g/mol. The monoisotopic (exact) mass is 539 g/mol. The van der Waals surface area contributed by atoms with Crippen molar-refractivity contribution in [2.75, 3.05) is 23.8 Å². The number of carboxylic acids is 1. The number of carbonyl (C=O) groups is 4. The van der Waals surface area contributed by atoms with Crippen molar-refractivity contribution in [2.24, 2.45) is 5.92 Å². The number of aliphatic carboxylic acids is 1. The number of urea groups is 1. The van der Waals surface area contributed by atoms with Gasteiger partial charge in [-0.15, -0.1) is 0 Å². The molecule has 7 rings (SSSR count). The van der Waals surface area contributed by atoms with Gasteiger partial charge in [0.2, 0.25) is 5.91 Å². The van der Waals surface area contributed by atoms with Crippen molar-refractivity contribution in [3.8, 4) is 0 Å². The number of nitrogens with zero attached hydrogens (tertiary/aromatic N) is 3. The minimum absolute atomic E-state index is 0.127. The molecule has 4 amide bonds. The number of anilines is 2. The number of carboxylic acid groups (broad SMARTS) is 1. The first-order chi connectivity index (χ1) is 19.1. The normalized spacial score (nSPS) is 25.3. The van der Waals surface area contributed by atoms with Crippen LogP contribution >= 0.6 is 0 Å². The summed E-state index contributed by atoms with van der Waals surface area (Å²) in [6, 6.07) is 13.4. The maximum atomic E-state index is 12.7. The van der Waals surface area contributed by atoms with E-state index in [-0.39, 0.29) is 24.3 Å². The smallest absolute Gasteiger partial charge is 0.324 e. The first kappa shape index (κ1) is 24.6. The zero-order valence-electron chi connectivity index (χ0n) is 22.3. The van der Waals surface area contributed by atoms with E-state index in [1.54, 1.807) is 7.05 Å². The molecule has 1 aromatic heterocycles. The number of imide groups is 1. The lowest BCUT2D eigenvalue weighted by Crippen LogP contribution is -2.48. The quantitative estimate of drug-likeness (QED) is 0.425. The summed E-state index contributed by atoms with van der Waals surface area (Å²) < 4.78 is 0. The minimum Gasteiger partial charge on any atom is -0.481 e. The van der Waals surface area contributed by atoms with Gasteiger partial charge in [0.15, 0.2) is 0 Å². The molecular formula is C30H29N5O5. The van der Waals surface area contributed by atoms with E-state index in [4.69, 9.17) is 4.98 Å². The van der Waals surface area contributed by atoms with Crippen LogP contribution in [0.5, 0.6) is 0 Å². The van der Waals surface area contributed by atoms with Gasteiger partial charge in [-0.25, -0.2) is 4.79 Å². The standard InChI is InChI=1S/C30H29N5O5/c1-3-20(26(37)38)29-13-24(36)32-21-5-4-6-23(25(21)29)35(15-29)14-19-8-7-16-9-17-11-30(12-18(17)10-22(16)31-19)27(39)33-28(40)34(30)2/h4-10,20H,3,11-15H2,1-2H3,(H,32,36)(H,37,38)(H,33,39,40)/t20?,29?,30-/m1/s1. The fourth-order valence-electron chi connectivity index (χ4n) is 7.56. The van der Waals surface area contributed by atoms with E-state index in [1.807, 2.05) is 43.3 Å². The summed E-state index contributed by atoms with van der Waals surface area (Å²) in [6.45, 7) is 2.74. The Morgan fingerprint density at radius 1 is 1.07 bits per heavy atom. The van der Waals surface area contributed by atoms with Crippen LogP contribution < -0.4 is 15.5 Å². The first-order valence-corrected chi connectivity index (χ1v) is 13.6. The number of nitrogens with one attached hydrogen (secondary N) is 2. The van der Waals surface area contributed by atoms with E-state index in [2.05, 4.69) is 21.6 Å². The van der Waals surface area contributed by atoms with E-state index in [9.17, 15) is 24.3 Å². The molecule has 3 N–H and O–H groups in total. The number of aromatic nitrogens is 1. The van der Waals surface area contributed by atoms with Crippen LogP contribution in [0, 0.1) is 5.92 Å². The van der Waals surface area contributed by atoms with Gasteiger partial charge in [0.25, 0.3) is 5.91 Å². The largest absolute Gasteiger partial charge is 0.481 e. The van der Waals surface area contributed by atoms with E-state index in [0.29, 0.717) is 38.0 Å². The predicted molar refractivity (Wildman–Crippen MR) is 147 cm³/mol. The number of benzene rings is 2. The summed E-state index contributed by atoms with van der Waals surface area (Å²) >= 11 is 0. The summed E-state index contributed by atoms with van der Waals surface area (Å²) in [5, 5.41) is 16.5. The van der Waals surface area contributed by atoms with Crippen LogP contribution in [0.15, 0.2) is 42.5 Å². The lowest BCUT2D eigenvalue weighted by atomic mass is 9.66. The molecule has 10 nitrogen and oxygen atoms in total. The van der Waals surface area contributed by atoms with Crippen molar-refractivity contribution in [1.29, 1.82) is 0 Å². The van der Waals surface area contributed by atoms with Gasteiger partial charge in [-0.1, -0.05) is 19.1 Å². The van der Waals surface area contributed by atoms with E-state index >= 15 is 0 Å². The second-order valence-corrected chi connectivity index (χ2v) is 11.6. The van der Waals surface area contributed by atoms with Crippen molar-refractivity contribution in [1.82, 2.24) is 15.2 Å². The fourth-order valence-corrected chi connectivity index (χ4v) is 7.56. The molecule has 204 valence electrons. The second-order valence-electron chi connectivity index (χ2n) is 11.6. The Balaban J connectivity index is 1.23. The number of hydrogen-bond acceptors (Lipinski definition) is 6. The van der Waals surface area contributed by atoms with Gasteiger partial charge < -0.3 is 20.2 Å². The Morgan fingerprint density at radius 3 is 2.55 bits per heavy atom. The highest BCUT2D eigenvalue weighted by Crippen LogP contribution is 2.54. The molecule has 10 heteroatoms. The minimum atomic E-state index is -0.891. The maximum absolute atomic E-state index is 12.7. The van der Waals surface area contributed by atoms with Crippen LogP contribution in [-0.4, -0.2) is 57.9 Å². The summed E-state index contributed by atoms with van der Waals surface area (Å²) in [4.78, 5) is 58.6. The molecule has 1 saturated heterocycles. The van der Waals surface area contributed by atoms with Crippen molar-refractivity contribution < 1.29 is 24.3 Å². The zero-order valence-corrected chi connectivity index (χ0v) is 22.3. The number of hydrogen-bond donors (Lipinski definition) is 3. The van der Waals surface area contributed by atoms with Crippen LogP contribution in [0.4, 0.5) is 16.2 Å². The van der Waals surface area contributed by atoms with E-state index < -0.39 is 22.8 Å². The molecule has 3 aromatic rings. The van der Waals surface area contributed by atoms with Crippen LogP contribution in [-0.2, 0) is 39.2 Å². The SMILES string of the molecule is CCC(C(=O)O)C12CC(=O)Nc3cccc(c31)N(Cc1ccc3cc4c(cc3n1)C[C@]1(C4)C(=O)NC(=O)N1C)C2. The van der Waals surface area contributed by atoms with Crippen LogP contribution in [0.2, 0.25) is 0 Å². The first-order valence-electron chi connectivity index (χ1n) is 13.6. The topological polar surface area (TPSA) is 132 Å². The number of amides is 4. The average Bonchev–Trinajstić information content (AvgIpc) is 3.50. The van der Waals surface area contributed by atoms with Crippen LogP contribution in [0.25, 0.3) is 10.9 Å². The number of fused-ring (bicyclic) bond motifs is 2. The molecule has 40 heavy (non-hydrogen) atoms. The maximum Gasteiger partial charge on any atom is 0.324 e. The van der Waals surface area contributed by atoms with Gasteiger partial charge >= 0.3 is 12.0 Å². The molecule has 0 saturated carbocycles. The Bertz CT molecular complexity index is 1670. The number of carbonyl (C=O) groups excluding carboxylic acids is 3. The van der Waals surface area contributed by atoms with E-state index in [0.717, 1.165) is 39.0 Å². The van der Waals surface area contributed by atoms with Gasteiger partial charge in [-0.2, -0.15) is 0 Å². The summed E-state index contributed by atoms with van der Waals surface area (Å²) in [5.41, 5.74) is 4.48. The lowest BCUT2D eigenvalue weighted by Gasteiger charge is -2.39. The zero-order chi connectivity index (χ0) is 28.0. The molecule has 3 atom stereocenters. The molecule has 2 aromatic carbocycles. The number of rotatable bonds is 5. The molecule has 3 aliphatic heterocycles. The number of likely N-dealkylation sites (N-methyl/N-ethyl adjacent to an activating group) is 1.